The lowest BCUT2D eigenvalue weighted by molar-refractivity contribution is 0.102. The Morgan fingerprint density at radius 3 is 2.41 bits per heavy atom. The Morgan fingerprint density at radius 1 is 1.11 bits per heavy atom. The van der Waals surface area contributed by atoms with Crippen molar-refractivity contribution >= 4 is 32.7 Å². The van der Waals surface area contributed by atoms with Crippen LogP contribution in [0.3, 0.4) is 0 Å². The average Bonchev–Trinajstić information content (AvgIpc) is 3.04. The van der Waals surface area contributed by atoms with E-state index in [1.54, 1.807) is 39.0 Å². The minimum atomic E-state index is -3.55. The first kappa shape index (κ1) is 19.1. The van der Waals surface area contributed by atoms with E-state index in [0.717, 1.165) is 0 Å². The van der Waals surface area contributed by atoms with E-state index >= 15 is 0 Å². The summed E-state index contributed by atoms with van der Waals surface area (Å²) in [5.41, 5.74) is 2.02. The Kier molecular flexibility index (Phi) is 5.29. The summed E-state index contributed by atoms with van der Waals surface area (Å²) in [5, 5.41) is 2.79. The minimum absolute atomic E-state index is 0.163. The van der Waals surface area contributed by atoms with Crippen molar-refractivity contribution in [2.45, 2.75) is 25.7 Å². The zero-order valence-electron chi connectivity index (χ0n) is 15.4. The predicted molar refractivity (Wildman–Crippen MR) is 103 cm³/mol. The Labute approximate surface area is 158 Å². The van der Waals surface area contributed by atoms with Crippen molar-refractivity contribution in [1.29, 1.82) is 0 Å². The fourth-order valence-corrected chi connectivity index (χ4v) is 4.30. The maximum Gasteiger partial charge on any atom is 0.255 e. The van der Waals surface area contributed by atoms with Gasteiger partial charge >= 0.3 is 0 Å². The van der Waals surface area contributed by atoms with Gasteiger partial charge in [-0.25, -0.2) is 13.4 Å². The van der Waals surface area contributed by atoms with Crippen LogP contribution in [0.4, 0.5) is 5.69 Å². The van der Waals surface area contributed by atoms with Crippen LogP contribution in [0.1, 0.15) is 30.1 Å². The molecule has 0 atom stereocenters. The molecule has 8 heteroatoms. The van der Waals surface area contributed by atoms with Crippen molar-refractivity contribution < 1.29 is 17.6 Å². The molecule has 0 aliphatic rings. The van der Waals surface area contributed by atoms with E-state index in [9.17, 15) is 13.2 Å². The molecule has 1 aromatic heterocycles. The van der Waals surface area contributed by atoms with E-state index in [-0.39, 0.29) is 10.8 Å². The number of benzene rings is 2. The quantitative estimate of drug-likeness (QED) is 0.700. The normalized spacial score (nSPS) is 11.9. The van der Waals surface area contributed by atoms with Gasteiger partial charge in [0.2, 0.25) is 10.0 Å². The van der Waals surface area contributed by atoms with Crippen LogP contribution in [0.2, 0.25) is 0 Å². The highest BCUT2D eigenvalue weighted by molar-refractivity contribution is 7.89. The molecule has 0 radical (unpaired) electrons. The molecule has 2 aromatic carbocycles. The van der Waals surface area contributed by atoms with Gasteiger partial charge in [-0.15, -0.1) is 0 Å². The summed E-state index contributed by atoms with van der Waals surface area (Å²) < 4.78 is 32.0. The summed E-state index contributed by atoms with van der Waals surface area (Å²) in [4.78, 5) is 16.9. The molecule has 1 heterocycles. The Balaban J connectivity index is 1.84. The fraction of sp³-hybridized carbons (Fsp3) is 0.263. The van der Waals surface area contributed by atoms with Gasteiger partial charge in [0.15, 0.2) is 11.5 Å². The number of hydrogen-bond donors (Lipinski definition) is 1. The van der Waals surface area contributed by atoms with Crippen LogP contribution in [-0.4, -0.2) is 36.7 Å². The van der Waals surface area contributed by atoms with Crippen molar-refractivity contribution in [3.05, 3.63) is 53.9 Å². The minimum Gasteiger partial charge on any atom is -0.439 e. The molecule has 1 N–H and O–H groups in total. The highest BCUT2D eigenvalue weighted by atomic mass is 32.2. The summed E-state index contributed by atoms with van der Waals surface area (Å²) >= 11 is 0. The molecule has 27 heavy (non-hydrogen) atoms. The zero-order chi connectivity index (χ0) is 19.6. The van der Waals surface area contributed by atoms with Gasteiger partial charge in [-0.1, -0.05) is 19.9 Å². The highest BCUT2D eigenvalue weighted by Crippen LogP contribution is 2.25. The molecule has 1 amide bonds. The van der Waals surface area contributed by atoms with Gasteiger partial charge in [-0.2, -0.15) is 4.31 Å². The number of fused-ring (bicyclic) bond motifs is 1. The summed E-state index contributed by atoms with van der Waals surface area (Å²) in [6.45, 7) is 6.09. The number of nitrogens with one attached hydrogen (secondary N) is 1. The second-order valence-corrected chi connectivity index (χ2v) is 7.89. The lowest BCUT2D eigenvalue weighted by Gasteiger charge is -2.18. The third-order valence-corrected chi connectivity index (χ3v) is 6.29. The lowest BCUT2D eigenvalue weighted by Crippen LogP contribution is -2.30. The summed E-state index contributed by atoms with van der Waals surface area (Å²) in [6.07, 6.45) is 0. The number of carbonyl (C=O) groups is 1. The third-order valence-electron chi connectivity index (χ3n) is 4.23. The van der Waals surface area contributed by atoms with Gasteiger partial charge in [0.1, 0.15) is 5.52 Å². The van der Waals surface area contributed by atoms with Crippen molar-refractivity contribution in [2.75, 3.05) is 18.4 Å². The third kappa shape index (κ3) is 3.72. The molecule has 0 bridgehead atoms. The second kappa shape index (κ2) is 7.50. The molecule has 3 aromatic rings. The van der Waals surface area contributed by atoms with E-state index in [1.165, 1.54) is 28.6 Å². The molecule has 142 valence electrons. The number of sulfonamides is 1. The molecular weight excluding hydrogens is 366 g/mol. The average molecular weight is 387 g/mol. The maximum absolute atomic E-state index is 12.5. The Morgan fingerprint density at radius 2 is 1.78 bits per heavy atom. The van der Waals surface area contributed by atoms with Gasteiger partial charge in [0.05, 0.1) is 10.6 Å². The fourth-order valence-electron chi connectivity index (χ4n) is 2.84. The van der Waals surface area contributed by atoms with Crippen LogP contribution in [0.25, 0.3) is 11.1 Å². The molecule has 0 fully saturated rings. The molecule has 0 spiro atoms. The summed E-state index contributed by atoms with van der Waals surface area (Å²) in [6, 6.07) is 11.2. The van der Waals surface area contributed by atoms with Crippen molar-refractivity contribution in [3.63, 3.8) is 0 Å². The number of para-hydroxylation sites is 1. The largest absolute Gasteiger partial charge is 0.439 e. The summed E-state index contributed by atoms with van der Waals surface area (Å²) in [5.74, 6) is 0.154. The molecule has 0 unspecified atom stereocenters. The number of nitrogens with zero attached hydrogens (tertiary/aromatic N) is 2. The molecule has 0 aliphatic carbocycles. The van der Waals surface area contributed by atoms with Crippen LogP contribution in [0.5, 0.6) is 0 Å². The number of oxazole rings is 1. The van der Waals surface area contributed by atoms with Gasteiger partial charge in [-0.05, 0) is 36.4 Å². The topological polar surface area (TPSA) is 92.5 Å². The van der Waals surface area contributed by atoms with E-state index < -0.39 is 10.0 Å². The van der Waals surface area contributed by atoms with E-state index in [0.29, 0.717) is 41.3 Å². The van der Waals surface area contributed by atoms with E-state index in [1.807, 2.05) is 0 Å². The highest BCUT2D eigenvalue weighted by Gasteiger charge is 2.21. The summed E-state index contributed by atoms with van der Waals surface area (Å²) in [7, 11) is -3.55. The van der Waals surface area contributed by atoms with Gasteiger partial charge < -0.3 is 9.73 Å². The maximum atomic E-state index is 12.5. The Bertz CT molecular complexity index is 1070. The predicted octanol–water partition coefficient (Wildman–Crippen LogP) is 3.42. The van der Waals surface area contributed by atoms with Crippen LogP contribution < -0.4 is 5.32 Å². The molecule has 3 rings (SSSR count). The standard InChI is InChI=1S/C19H21N3O4S/c1-4-22(5-2)27(24,25)15-11-9-14(10-12-15)19(23)21-17-8-6-7-16-18(17)26-13(3)20-16/h6-12H,4-5H2,1-3H3,(H,21,23). The monoisotopic (exact) mass is 387 g/mol. The molecule has 0 saturated carbocycles. The van der Waals surface area contributed by atoms with Crippen molar-refractivity contribution in [1.82, 2.24) is 9.29 Å². The van der Waals surface area contributed by atoms with Crippen LogP contribution in [0.15, 0.2) is 51.8 Å². The SMILES string of the molecule is CCN(CC)S(=O)(=O)c1ccc(C(=O)Nc2cccc3nc(C)oc23)cc1. The smallest absolute Gasteiger partial charge is 0.255 e. The lowest BCUT2D eigenvalue weighted by atomic mass is 10.2. The molecule has 0 aliphatic heterocycles. The van der Waals surface area contributed by atoms with Crippen molar-refractivity contribution in [2.24, 2.45) is 0 Å². The van der Waals surface area contributed by atoms with Crippen LogP contribution >= 0.6 is 0 Å². The molecule has 7 nitrogen and oxygen atoms in total. The first-order valence-electron chi connectivity index (χ1n) is 8.64. The van der Waals surface area contributed by atoms with Crippen molar-refractivity contribution in [3.8, 4) is 0 Å². The second-order valence-electron chi connectivity index (χ2n) is 5.95. The number of rotatable bonds is 6. The molecule has 0 saturated heterocycles. The number of carbonyl (C=O) groups excluding carboxylic acids is 1. The van der Waals surface area contributed by atoms with Gasteiger partial charge in [0.25, 0.3) is 5.91 Å². The van der Waals surface area contributed by atoms with E-state index in [2.05, 4.69) is 10.3 Å². The number of amides is 1. The number of aryl methyl sites for hydroxylation is 1. The van der Waals surface area contributed by atoms with E-state index in [4.69, 9.17) is 4.42 Å². The van der Waals surface area contributed by atoms with Gasteiger partial charge in [0, 0.05) is 25.6 Å². The van der Waals surface area contributed by atoms with Gasteiger partial charge in [-0.3, -0.25) is 4.79 Å². The zero-order valence-corrected chi connectivity index (χ0v) is 16.2. The Hall–Kier alpha value is -2.71. The molecular formula is C19H21N3O4S. The first-order chi connectivity index (χ1) is 12.9. The number of aromatic nitrogens is 1. The van der Waals surface area contributed by atoms with Crippen LogP contribution in [0, 0.1) is 6.92 Å². The first-order valence-corrected chi connectivity index (χ1v) is 10.1. The number of anilines is 1. The van der Waals surface area contributed by atoms with Crippen LogP contribution in [-0.2, 0) is 10.0 Å². The number of hydrogen-bond acceptors (Lipinski definition) is 5.